The topological polar surface area (TPSA) is 87.4 Å². The van der Waals surface area contributed by atoms with Gasteiger partial charge in [-0.1, -0.05) is 12.1 Å². The van der Waals surface area contributed by atoms with Crippen LogP contribution >= 0.6 is 0 Å². The summed E-state index contributed by atoms with van der Waals surface area (Å²) in [5, 5.41) is 5.20. The Morgan fingerprint density at radius 1 is 1.30 bits per heavy atom. The quantitative estimate of drug-likeness (QED) is 0.875. The summed E-state index contributed by atoms with van der Waals surface area (Å²) in [6.07, 6.45) is -0.171. The summed E-state index contributed by atoms with van der Waals surface area (Å²) in [7, 11) is 1.70. The zero-order chi connectivity index (χ0) is 16.4. The van der Waals surface area contributed by atoms with Crippen LogP contribution in [0.3, 0.4) is 0 Å². The van der Waals surface area contributed by atoms with Crippen LogP contribution in [0.4, 0.5) is 0 Å². The molecule has 0 fully saturated rings. The largest absolute Gasteiger partial charge is 0.486 e. The van der Waals surface area contributed by atoms with Crippen molar-refractivity contribution in [3.63, 3.8) is 0 Å². The lowest BCUT2D eigenvalue weighted by Gasteiger charge is -2.29. The summed E-state index contributed by atoms with van der Waals surface area (Å²) in [6.45, 7) is 2.54. The van der Waals surface area contributed by atoms with Gasteiger partial charge in [-0.2, -0.15) is 0 Å². The molecule has 1 aliphatic rings. The molecule has 7 nitrogen and oxygen atoms in total. The molecule has 1 aromatic heterocycles. The minimum atomic E-state index is -0.254. The number of hydrogen-bond acceptors (Lipinski definition) is 4. The van der Waals surface area contributed by atoms with E-state index in [1.165, 1.54) is 0 Å². The van der Waals surface area contributed by atoms with Crippen molar-refractivity contribution in [1.29, 1.82) is 0 Å². The Labute approximate surface area is 133 Å². The second kappa shape index (κ2) is 6.20. The summed E-state index contributed by atoms with van der Waals surface area (Å²) in [4.78, 5) is 25.5. The van der Waals surface area contributed by atoms with Gasteiger partial charge in [-0.05, 0) is 19.1 Å². The van der Waals surface area contributed by atoms with Crippen LogP contribution in [0, 0.1) is 6.92 Å². The number of benzene rings is 1. The van der Waals surface area contributed by atoms with Gasteiger partial charge in [0.25, 0.3) is 5.56 Å². The highest BCUT2D eigenvalue weighted by atomic mass is 16.6. The van der Waals surface area contributed by atoms with Crippen LogP contribution in [0.2, 0.25) is 0 Å². The van der Waals surface area contributed by atoms with Crippen LogP contribution in [-0.4, -0.2) is 47.3 Å². The van der Waals surface area contributed by atoms with Gasteiger partial charge in [0.1, 0.15) is 6.61 Å². The van der Waals surface area contributed by atoms with Gasteiger partial charge in [0.2, 0.25) is 5.91 Å². The normalized spacial score (nSPS) is 16.2. The molecule has 2 heterocycles. The minimum absolute atomic E-state index is 0.0608. The molecule has 3 rings (SSSR count). The number of aryl methyl sites for hydroxylation is 1. The third-order valence-corrected chi connectivity index (χ3v) is 3.89. The van der Waals surface area contributed by atoms with Crippen molar-refractivity contribution in [1.82, 2.24) is 15.1 Å². The van der Waals surface area contributed by atoms with E-state index in [0.29, 0.717) is 35.9 Å². The number of nitrogens with zero attached hydrogens (tertiary/aromatic N) is 1. The summed E-state index contributed by atoms with van der Waals surface area (Å²) in [5.74, 6) is 1.26. The van der Waals surface area contributed by atoms with E-state index < -0.39 is 0 Å². The maximum atomic E-state index is 12.3. The average Bonchev–Trinajstić information content (AvgIpc) is 2.86. The Kier molecular flexibility index (Phi) is 4.10. The SMILES string of the molecule is Cc1[nH][nH]c(=O)c1CC(=O)N(C)CC1COc2ccccc2O1. The van der Waals surface area contributed by atoms with Gasteiger partial charge in [0.05, 0.1) is 13.0 Å². The van der Waals surface area contributed by atoms with Crippen molar-refractivity contribution in [2.24, 2.45) is 0 Å². The number of rotatable bonds is 4. The molecule has 1 aromatic carbocycles. The van der Waals surface area contributed by atoms with Crippen LogP contribution in [0.5, 0.6) is 11.5 Å². The van der Waals surface area contributed by atoms with Gasteiger partial charge in [-0.25, -0.2) is 0 Å². The van der Waals surface area contributed by atoms with Crippen molar-refractivity contribution in [3.8, 4) is 11.5 Å². The first kappa shape index (κ1) is 15.2. The lowest BCUT2D eigenvalue weighted by molar-refractivity contribution is -0.130. The van der Waals surface area contributed by atoms with E-state index in [1.54, 1.807) is 18.9 Å². The molecule has 0 saturated carbocycles. The van der Waals surface area contributed by atoms with Gasteiger partial charge in [-0.3, -0.25) is 14.7 Å². The third-order valence-electron chi connectivity index (χ3n) is 3.89. The van der Waals surface area contributed by atoms with Crippen LogP contribution in [0.25, 0.3) is 0 Å². The molecule has 1 aliphatic heterocycles. The summed E-state index contributed by atoms with van der Waals surface area (Å²) >= 11 is 0. The van der Waals surface area contributed by atoms with E-state index >= 15 is 0 Å². The number of aromatic nitrogens is 2. The lowest BCUT2D eigenvalue weighted by atomic mass is 10.1. The summed E-state index contributed by atoms with van der Waals surface area (Å²) in [5.41, 5.74) is 0.895. The summed E-state index contributed by atoms with van der Waals surface area (Å²) in [6, 6.07) is 7.45. The fraction of sp³-hybridized carbons (Fsp3) is 0.375. The van der Waals surface area contributed by atoms with Crippen molar-refractivity contribution in [2.75, 3.05) is 20.2 Å². The number of aromatic amines is 2. The number of fused-ring (bicyclic) bond motifs is 1. The van der Waals surface area contributed by atoms with Gasteiger partial charge >= 0.3 is 0 Å². The van der Waals surface area contributed by atoms with E-state index in [1.807, 2.05) is 24.3 Å². The predicted octanol–water partition coefficient (Wildman–Crippen LogP) is 0.852. The van der Waals surface area contributed by atoms with E-state index in [-0.39, 0.29) is 24.0 Å². The molecule has 2 aromatic rings. The third kappa shape index (κ3) is 3.23. The van der Waals surface area contributed by atoms with Crippen LogP contribution in [-0.2, 0) is 11.2 Å². The molecule has 0 radical (unpaired) electrons. The Bertz CT molecular complexity index is 765. The minimum Gasteiger partial charge on any atom is -0.486 e. The predicted molar refractivity (Wildman–Crippen MR) is 83.8 cm³/mol. The number of carbonyl (C=O) groups is 1. The summed E-state index contributed by atoms with van der Waals surface area (Å²) < 4.78 is 11.5. The van der Waals surface area contributed by atoms with Gasteiger partial charge in [-0.15, -0.1) is 0 Å². The first-order valence-corrected chi connectivity index (χ1v) is 7.43. The van der Waals surface area contributed by atoms with E-state index in [4.69, 9.17) is 9.47 Å². The number of H-pyrrole nitrogens is 2. The highest BCUT2D eigenvalue weighted by Crippen LogP contribution is 2.30. The molecular formula is C16H19N3O4. The lowest BCUT2D eigenvalue weighted by Crippen LogP contribution is -2.42. The van der Waals surface area contributed by atoms with Crippen LogP contribution < -0.4 is 15.0 Å². The number of para-hydroxylation sites is 2. The van der Waals surface area contributed by atoms with E-state index in [2.05, 4.69) is 10.2 Å². The number of carbonyl (C=O) groups excluding carboxylic acids is 1. The number of ether oxygens (including phenoxy) is 2. The van der Waals surface area contributed by atoms with Crippen molar-refractivity contribution in [2.45, 2.75) is 19.4 Å². The Morgan fingerprint density at radius 3 is 2.74 bits per heavy atom. The molecule has 122 valence electrons. The Balaban J connectivity index is 1.60. The van der Waals surface area contributed by atoms with Crippen molar-refractivity contribution < 1.29 is 14.3 Å². The van der Waals surface area contributed by atoms with Gasteiger partial charge < -0.3 is 19.5 Å². The molecule has 2 N–H and O–H groups in total. The highest BCUT2D eigenvalue weighted by Gasteiger charge is 2.24. The molecule has 0 bridgehead atoms. The standard InChI is InChI=1S/C16H19N3O4/c1-10-12(16(21)18-17-10)7-15(20)19(2)8-11-9-22-13-5-3-4-6-14(13)23-11/h3-6,11H,7-9H2,1-2H3,(H2,17,18,21). The van der Waals surface area contributed by atoms with Crippen LogP contribution in [0.15, 0.2) is 29.1 Å². The average molecular weight is 317 g/mol. The molecule has 7 heteroatoms. The molecule has 1 amide bonds. The van der Waals surface area contributed by atoms with Gasteiger partial charge in [0, 0.05) is 18.3 Å². The van der Waals surface area contributed by atoms with Crippen molar-refractivity contribution in [3.05, 3.63) is 45.9 Å². The van der Waals surface area contributed by atoms with Crippen molar-refractivity contribution >= 4 is 5.91 Å². The molecule has 1 unspecified atom stereocenters. The monoisotopic (exact) mass is 317 g/mol. The zero-order valence-electron chi connectivity index (χ0n) is 13.1. The molecule has 1 atom stereocenters. The Morgan fingerprint density at radius 2 is 2.04 bits per heavy atom. The zero-order valence-corrected chi connectivity index (χ0v) is 13.1. The molecule has 0 saturated heterocycles. The fourth-order valence-corrected chi connectivity index (χ4v) is 2.53. The molecule has 0 spiro atoms. The molecule has 23 heavy (non-hydrogen) atoms. The van der Waals surface area contributed by atoms with Crippen LogP contribution in [0.1, 0.15) is 11.3 Å². The molecular weight excluding hydrogens is 298 g/mol. The maximum absolute atomic E-state index is 12.3. The molecule has 0 aliphatic carbocycles. The van der Waals surface area contributed by atoms with E-state index in [9.17, 15) is 9.59 Å². The fourth-order valence-electron chi connectivity index (χ4n) is 2.53. The Hall–Kier alpha value is -2.70. The first-order valence-electron chi connectivity index (χ1n) is 7.43. The van der Waals surface area contributed by atoms with E-state index in [0.717, 1.165) is 0 Å². The highest BCUT2D eigenvalue weighted by molar-refractivity contribution is 5.78. The second-order valence-corrected chi connectivity index (χ2v) is 5.63. The second-order valence-electron chi connectivity index (χ2n) is 5.63. The maximum Gasteiger partial charge on any atom is 0.267 e. The number of likely N-dealkylation sites (N-methyl/N-ethyl adjacent to an activating group) is 1. The number of amides is 1. The smallest absolute Gasteiger partial charge is 0.267 e. The first-order chi connectivity index (χ1) is 11.0. The number of nitrogens with one attached hydrogen (secondary N) is 2. The number of hydrogen-bond donors (Lipinski definition) is 2. The van der Waals surface area contributed by atoms with Gasteiger partial charge in [0.15, 0.2) is 17.6 Å².